The third kappa shape index (κ3) is 3.41. The van der Waals surface area contributed by atoms with Crippen LogP contribution in [0.1, 0.15) is 37.0 Å². The van der Waals surface area contributed by atoms with Crippen LogP contribution in [0.3, 0.4) is 0 Å². The summed E-state index contributed by atoms with van der Waals surface area (Å²) in [6.07, 6.45) is 1.80. The predicted molar refractivity (Wildman–Crippen MR) is 90.5 cm³/mol. The Labute approximate surface area is 141 Å². The average Bonchev–Trinajstić information content (AvgIpc) is 2.54. The number of carbonyl (C=O) groups is 2. The molecule has 128 valence electrons. The van der Waals surface area contributed by atoms with Crippen LogP contribution in [0.25, 0.3) is 0 Å². The standard InChI is InChI=1S/C17H22N4O3/c1-17(2)16(23)18-13-10-11(4-5-14(13)24-17)15(22)20-19-12-6-8-21(3)9-7-12/h4-5,10H,6-9H2,1-3H3,(H,18,23)(H,20,22)/p+1. The van der Waals surface area contributed by atoms with Crippen molar-refractivity contribution >= 4 is 23.2 Å². The lowest BCUT2D eigenvalue weighted by atomic mass is 10.0. The molecular weight excluding hydrogens is 308 g/mol. The highest BCUT2D eigenvalue weighted by molar-refractivity contribution is 6.02. The molecule has 0 bridgehead atoms. The van der Waals surface area contributed by atoms with E-state index in [-0.39, 0.29) is 11.8 Å². The maximum Gasteiger partial charge on any atom is 0.271 e. The van der Waals surface area contributed by atoms with Crippen LogP contribution in [0.5, 0.6) is 5.75 Å². The van der Waals surface area contributed by atoms with Crippen LogP contribution in [0.15, 0.2) is 23.3 Å². The summed E-state index contributed by atoms with van der Waals surface area (Å²) in [6.45, 7) is 5.47. The van der Waals surface area contributed by atoms with Gasteiger partial charge in [0.15, 0.2) is 5.60 Å². The molecule has 7 nitrogen and oxygen atoms in total. The molecule has 2 aliphatic heterocycles. The van der Waals surface area contributed by atoms with E-state index in [1.807, 2.05) is 0 Å². The Morgan fingerprint density at radius 3 is 2.75 bits per heavy atom. The summed E-state index contributed by atoms with van der Waals surface area (Å²) in [4.78, 5) is 25.7. The number of nitrogens with zero attached hydrogens (tertiary/aromatic N) is 1. The van der Waals surface area contributed by atoms with Crippen molar-refractivity contribution in [1.29, 1.82) is 0 Å². The molecule has 3 N–H and O–H groups in total. The second-order valence-electron chi connectivity index (χ2n) is 6.85. The van der Waals surface area contributed by atoms with Crippen molar-refractivity contribution in [2.24, 2.45) is 5.10 Å². The molecule has 2 aliphatic rings. The number of hydrogen-bond acceptors (Lipinski definition) is 4. The quantitative estimate of drug-likeness (QED) is 0.677. The lowest BCUT2D eigenvalue weighted by molar-refractivity contribution is -0.880. The number of quaternary nitrogens is 1. The smallest absolute Gasteiger partial charge is 0.271 e. The van der Waals surface area contributed by atoms with Gasteiger partial charge in [0.25, 0.3) is 11.8 Å². The third-order valence-electron chi connectivity index (χ3n) is 4.40. The number of rotatable bonds is 2. The van der Waals surface area contributed by atoms with Crippen molar-refractivity contribution in [3.8, 4) is 5.75 Å². The fraction of sp³-hybridized carbons (Fsp3) is 0.471. The third-order valence-corrected chi connectivity index (χ3v) is 4.40. The fourth-order valence-corrected chi connectivity index (χ4v) is 2.72. The Morgan fingerprint density at radius 2 is 2.04 bits per heavy atom. The minimum Gasteiger partial charge on any atom is -0.476 e. The van der Waals surface area contributed by atoms with Crippen LogP contribution in [-0.4, -0.2) is 43.3 Å². The van der Waals surface area contributed by atoms with Crippen LogP contribution in [-0.2, 0) is 4.79 Å². The summed E-state index contributed by atoms with van der Waals surface area (Å²) in [6, 6.07) is 4.97. The van der Waals surface area contributed by atoms with Crippen LogP contribution in [0.2, 0.25) is 0 Å². The molecule has 1 aromatic carbocycles. The Hall–Kier alpha value is -2.41. The van der Waals surface area contributed by atoms with Gasteiger partial charge in [-0.25, -0.2) is 5.43 Å². The maximum atomic E-state index is 12.3. The Bertz CT molecular complexity index is 702. The minimum atomic E-state index is -0.918. The molecule has 1 saturated heterocycles. The fourth-order valence-electron chi connectivity index (χ4n) is 2.72. The van der Waals surface area contributed by atoms with Crippen molar-refractivity contribution in [1.82, 2.24) is 5.43 Å². The van der Waals surface area contributed by atoms with Gasteiger partial charge >= 0.3 is 0 Å². The van der Waals surface area contributed by atoms with Crippen molar-refractivity contribution in [2.45, 2.75) is 32.3 Å². The molecule has 1 aromatic rings. The number of carbonyl (C=O) groups excluding carboxylic acids is 2. The number of hydrazone groups is 1. The lowest BCUT2D eigenvalue weighted by Crippen LogP contribution is -3.10. The largest absolute Gasteiger partial charge is 0.476 e. The number of fused-ring (bicyclic) bond motifs is 1. The molecule has 2 amide bonds. The number of piperidine rings is 1. The Kier molecular flexibility index (Phi) is 4.28. The normalized spacial score (nSPS) is 22.0. The van der Waals surface area contributed by atoms with E-state index in [0.29, 0.717) is 17.0 Å². The van der Waals surface area contributed by atoms with E-state index in [2.05, 4.69) is 22.9 Å². The molecule has 1 fully saturated rings. The van der Waals surface area contributed by atoms with Gasteiger partial charge in [0, 0.05) is 24.1 Å². The van der Waals surface area contributed by atoms with Crippen LogP contribution >= 0.6 is 0 Å². The topological polar surface area (TPSA) is 84.2 Å². The Balaban J connectivity index is 1.70. The molecule has 0 atom stereocenters. The SMILES string of the molecule is C[NH+]1CCC(=NNC(=O)c2ccc3c(c2)NC(=O)C(C)(C)O3)CC1. The van der Waals surface area contributed by atoms with Crippen molar-refractivity contribution < 1.29 is 19.2 Å². The van der Waals surface area contributed by atoms with E-state index >= 15 is 0 Å². The molecule has 3 rings (SSSR count). The highest BCUT2D eigenvalue weighted by Gasteiger charge is 2.35. The maximum absolute atomic E-state index is 12.3. The minimum absolute atomic E-state index is 0.235. The van der Waals surface area contributed by atoms with Crippen LogP contribution in [0, 0.1) is 0 Å². The molecule has 2 heterocycles. The van der Waals surface area contributed by atoms with Crippen molar-refractivity contribution in [2.75, 3.05) is 25.5 Å². The molecule has 0 spiro atoms. The summed E-state index contributed by atoms with van der Waals surface area (Å²) < 4.78 is 5.66. The zero-order valence-corrected chi connectivity index (χ0v) is 14.2. The number of ether oxygens (including phenoxy) is 1. The van der Waals surface area contributed by atoms with Gasteiger partial charge in [-0.15, -0.1) is 0 Å². The van der Waals surface area contributed by atoms with Gasteiger partial charge in [-0.05, 0) is 32.0 Å². The number of amides is 2. The van der Waals surface area contributed by atoms with E-state index in [0.717, 1.165) is 31.6 Å². The summed E-state index contributed by atoms with van der Waals surface area (Å²) in [7, 11) is 2.15. The number of anilines is 1. The van der Waals surface area contributed by atoms with Gasteiger partial charge < -0.3 is 15.0 Å². The number of likely N-dealkylation sites (tertiary alicyclic amines) is 1. The first kappa shape index (κ1) is 16.4. The number of nitrogens with one attached hydrogen (secondary N) is 3. The van der Waals surface area contributed by atoms with Gasteiger partial charge in [-0.2, -0.15) is 5.10 Å². The van der Waals surface area contributed by atoms with E-state index in [4.69, 9.17) is 4.74 Å². The highest BCUT2D eigenvalue weighted by Crippen LogP contribution is 2.34. The van der Waals surface area contributed by atoms with Gasteiger partial charge in [0.05, 0.1) is 25.8 Å². The van der Waals surface area contributed by atoms with Crippen LogP contribution < -0.4 is 20.4 Å². The molecule has 0 unspecified atom stereocenters. The lowest BCUT2D eigenvalue weighted by Gasteiger charge is -2.31. The number of hydrogen-bond donors (Lipinski definition) is 3. The second-order valence-corrected chi connectivity index (χ2v) is 6.85. The van der Waals surface area contributed by atoms with E-state index in [1.54, 1.807) is 32.0 Å². The second kappa shape index (κ2) is 6.24. The molecule has 24 heavy (non-hydrogen) atoms. The van der Waals surface area contributed by atoms with E-state index < -0.39 is 5.60 Å². The van der Waals surface area contributed by atoms with E-state index in [1.165, 1.54) is 4.90 Å². The highest BCUT2D eigenvalue weighted by atomic mass is 16.5. The van der Waals surface area contributed by atoms with E-state index in [9.17, 15) is 9.59 Å². The Morgan fingerprint density at radius 1 is 1.33 bits per heavy atom. The summed E-state index contributed by atoms with van der Waals surface area (Å²) >= 11 is 0. The monoisotopic (exact) mass is 331 g/mol. The molecule has 0 radical (unpaired) electrons. The van der Waals surface area contributed by atoms with Gasteiger partial charge in [0.1, 0.15) is 5.75 Å². The molecule has 0 aliphatic carbocycles. The zero-order valence-electron chi connectivity index (χ0n) is 14.2. The molecule has 0 saturated carbocycles. The van der Waals surface area contributed by atoms with Gasteiger partial charge in [-0.3, -0.25) is 9.59 Å². The zero-order chi connectivity index (χ0) is 17.3. The predicted octanol–water partition coefficient (Wildman–Crippen LogP) is 0.190. The first-order chi connectivity index (χ1) is 11.3. The van der Waals surface area contributed by atoms with Crippen molar-refractivity contribution in [3.63, 3.8) is 0 Å². The first-order valence-electron chi connectivity index (χ1n) is 8.17. The summed E-state index contributed by atoms with van der Waals surface area (Å²) in [5.41, 5.74) is 3.64. The number of benzene rings is 1. The first-order valence-corrected chi connectivity index (χ1v) is 8.17. The van der Waals surface area contributed by atoms with Gasteiger partial charge in [0.2, 0.25) is 0 Å². The van der Waals surface area contributed by atoms with Crippen molar-refractivity contribution in [3.05, 3.63) is 23.8 Å². The summed E-state index contributed by atoms with van der Waals surface area (Å²) in [5, 5.41) is 7.00. The van der Waals surface area contributed by atoms with Gasteiger partial charge in [-0.1, -0.05) is 0 Å². The molecule has 0 aromatic heterocycles. The van der Waals surface area contributed by atoms with Crippen LogP contribution in [0.4, 0.5) is 5.69 Å². The molecular formula is C17H23N4O3+. The average molecular weight is 331 g/mol. The molecule has 7 heteroatoms. The summed E-state index contributed by atoms with van der Waals surface area (Å²) in [5.74, 6) is 0.0260.